The molecule has 1 N–H and O–H groups in total. The van der Waals surface area contributed by atoms with Crippen LogP contribution in [0.1, 0.15) is 38.0 Å². The van der Waals surface area contributed by atoms with E-state index in [9.17, 15) is 5.11 Å². The maximum absolute atomic E-state index is 10.1. The fraction of sp³-hybridized carbons (Fsp3) is 0.727. The van der Waals surface area contributed by atoms with Gasteiger partial charge in [-0.25, -0.2) is 0 Å². The number of aromatic nitrogens is 2. The molecular formula is C11H18N2O. The van der Waals surface area contributed by atoms with E-state index < -0.39 is 0 Å². The van der Waals surface area contributed by atoms with E-state index in [1.54, 1.807) is 4.68 Å². The van der Waals surface area contributed by atoms with E-state index in [-0.39, 0.29) is 6.10 Å². The number of aliphatic hydroxyl groups is 1. The quantitative estimate of drug-likeness (QED) is 0.780. The molecule has 0 saturated heterocycles. The van der Waals surface area contributed by atoms with Crippen molar-refractivity contribution >= 4 is 0 Å². The molecule has 0 bridgehead atoms. The smallest absolute Gasteiger partial charge is 0.101 e. The summed E-state index contributed by atoms with van der Waals surface area (Å²) in [4.78, 5) is 0. The van der Waals surface area contributed by atoms with Crippen molar-refractivity contribution in [2.45, 2.75) is 32.3 Å². The minimum atomic E-state index is -0.367. The van der Waals surface area contributed by atoms with Crippen molar-refractivity contribution in [3.63, 3.8) is 0 Å². The van der Waals surface area contributed by atoms with E-state index in [2.05, 4.69) is 12.0 Å². The number of hydrogen-bond donors (Lipinski definition) is 1. The van der Waals surface area contributed by atoms with Gasteiger partial charge in [0.25, 0.3) is 0 Å². The van der Waals surface area contributed by atoms with Crippen LogP contribution in [0.2, 0.25) is 0 Å². The summed E-state index contributed by atoms with van der Waals surface area (Å²) in [5, 5.41) is 14.4. The zero-order chi connectivity index (χ0) is 10.1. The number of aryl methyl sites for hydroxylation is 1. The van der Waals surface area contributed by atoms with Gasteiger partial charge in [0.05, 0.1) is 5.69 Å². The maximum atomic E-state index is 10.1. The fourth-order valence-electron chi connectivity index (χ4n) is 2.45. The van der Waals surface area contributed by atoms with Gasteiger partial charge in [-0.05, 0) is 24.3 Å². The number of hydrogen-bond acceptors (Lipinski definition) is 2. The molecule has 14 heavy (non-hydrogen) atoms. The minimum absolute atomic E-state index is 0.367. The molecule has 3 unspecified atom stereocenters. The van der Waals surface area contributed by atoms with Crippen molar-refractivity contribution in [3.8, 4) is 0 Å². The van der Waals surface area contributed by atoms with Gasteiger partial charge in [-0.1, -0.05) is 19.8 Å². The number of nitrogens with zero attached hydrogens (tertiary/aromatic N) is 2. The molecule has 1 aliphatic rings. The lowest BCUT2D eigenvalue weighted by Crippen LogP contribution is -2.15. The first-order valence-corrected chi connectivity index (χ1v) is 5.36. The van der Waals surface area contributed by atoms with Gasteiger partial charge in [0.2, 0.25) is 0 Å². The first kappa shape index (κ1) is 9.71. The molecule has 1 saturated carbocycles. The van der Waals surface area contributed by atoms with Gasteiger partial charge >= 0.3 is 0 Å². The van der Waals surface area contributed by atoms with Crippen molar-refractivity contribution in [1.29, 1.82) is 0 Å². The van der Waals surface area contributed by atoms with Crippen LogP contribution >= 0.6 is 0 Å². The molecule has 0 radical (unpaired) electrons. The lowest BCUT2D eigenvalue weighted by atomic mass is 9.90. The molecular weight excluding hydrogens is 176 g/mol. The largest absolute Gasteiger partial charge is 0.386 e. The first-order chi connectivity index (χ1) is 6.68. The zero-order valence-corrected chi connectivity index (χ0v) is 8.85. The molecule has 0 amide bonds. The van der Waals surface area contributed by atoms with E-state index in [1.807, 2.05) is 19.3 Å². The molecule has 0 aromatic carbocycles. The van der Waals surface area contributed by atoms with Crippen LogP contribution in [0.3, 0.4) is 0 Å². The predicted molar refractivity (Wildman–Crippen MR) is 54.7 cm³/mol. The van der Waals surface area contributed by atoms with Crippen LogP contribution in [-0.4, -0.2) is 14.9 Å². The summed E-state index contributed by atoms with van der Waals surface area (Å²) < 4.78 is 1.75. The Morgan fingerprint density at radius 3 is 2.86 bits per heavy atom. The molecule has 1 aromatic rings. The average molecular weight is 194 g/mol. The third-order valence-electron chi connectivity index (χ3n) is 3.37. The number of rotatable bonds is 2. The summed E-state index contributed by atoms with van der Waals surface area (Å²) in [5.74, 6) is 1.04. The standard InChI is InChI=1S/C11H18N2O/c1-8-4-3-5-9(8)11(14)10-6-7-13(2)12-10/h6-9,11,14H,3-5H2,1-2H3. The molecule has 1 aliphatic carbocycles. The second kappa shape index (κ2) is 3.73. The van der Waals surface area contributed by atoms with Gasteiger partial charge in [-0.3, -0.25) is 4.68 Å². The monoisotopic (exact) mass is 194 g/mol. The normalized spacial score (nSPS) is 29.4. The Kier molecular flexibility index (Phi) is 2.59. The summed E-state index contributed by atoms with van der Waals surface area (Å²) in [6, 6.07) is 1.91. The highest BCUT2D eigenvalue weighted by Crippen LogP contribution is 2.39. The summed E-state index contributed by atoms with van der Waals surface area (Å²) in [7, 11) is 1.88. The van der Waals surface area contributed by atoms with Crippen molar-refractivity contribution in [1.82, 2.24) is 9.78 Å². The Morgan fingerprint density at radius 1 is 1.57 bits per heavy atom. The second-order valence-corrected chi connectivity index (χ2v) is 4.43. The lowest BCUT2D eigenvalue weighted by molar-refractivity contribution is 0.0856. The van der Waals surface area contributed by atoms with Crippen LogP contribution in [0.4, 0.5) is 0 Å². The van der Waals surface area contributed by atoms with E-state index in [1.165, 1.54) is 12.8 Å². The molecule has 3 atom stereocenters. The van der Waals surface area contributed by atoms with Gasteiger partial charge in [0.15, 0.2) is 0 Å². The fourth-order valence-corrected chi connectivity index (χ4v) is 2.45. The van der Waals surface area contributed by atoms with Crippen LogP contribution in [0, 0.1) is 11.8 Å². The van der Waals surface area contributed by atoms with E-state index in [0.717, 1.165) is 12.1 Å². The highest BCUT2D eigenvalue weighted by atomic mass is 16.3. The first-order valence-electron chi connectivity index (χ1n) is 5.36. The van der Waals surface area contributed by atoms with Crippen molar-refractivity contribution < 1.29 is 5.11 Å². The highest BCUT2D eigenvalue weighted by molar-refractivity contribution is 5.05. The van der Waals surface area contributed by atoms with E-state index in [4.69, 9.17) is 0 Å². The van der Waals surface area contributed by atoms with Crippen LogP contribution < -0.4 is 0 Å². The number of aliphatic hydroxyl groups excluding tert-OH is 1. The SMILES string of the molecule is CC1CCCC1C(O)c1ccn(C)n1. The van der Waals surface area contributed by atoms with E-state index >= 15 is 0 Å². The zero-order valence-electron chi connectivity index (χ0n) is 8.85. The van der Waals surface area contributed by atoms with Crippen LogP contribution in [0.5, 0.6) is 0 Å². The average Bonchev–Trinajstić information content (AvgIpc) is 2.73. The predicted octanol–water partition coefficient (Wildman–Crippen LogP) is 1.89. The molecule has 1 fully saturated rings. The Morgan fingerprint density at radius 2 is 2.36 bits per heavy atom. The van der Waals surface area contributed by atoms with Crippen LogP contribution in [0.25, 0.3) is 0 Å². The Hall–Kier alpha value is -0.830. The topological polar surface area (TPSA) is 38.0 Å². The third-order valence-corrected chi connectivity index (χ3v) is 3.37. The molecule has 1 aromatic heterocycles. The van der Waals surface area contributed by atoms with Gasteiger partial charge in [-0.2, -0.15) is 5.10 Å². The van der Waals surface area contributed by atoms with Crippen LogP contribution in [0.15, 0.2) is 12.3 Å². The Bertz CT molecular complexity index is 308. The summed E-state index contributed by atoms with van der Waals surface area (Å²) in [6.07, 6.45) is 5.15. The molecule has 3 heteroatoms. The van der Waals surface area contributed by atoms with Gasteiger partial charge in [0.1, 0.15) is 6.10 Å². The van der Waals surface area contributed by atoms with Crippen molar-refractivity contribution in [3.05, 3.63) is 18.0 Å². The molecule has 1 heterocycles. The molecule has 0 aliphatic heterocycles. The van der Waals surface area contributed by atoms with Gasteiger partial charge < -0.3 is 5.11 Å². The third kappa shape index (κ3) is 1.69. The summed E-state index contributed by atoms with van der Waals surface area (Å²) in [5.41, 5.74) is 0.825. The Balaban J connectivity index is 2.11. The van der Waals surface area contributed by atoms with E-state index in [0.29, 0.717) is 11.8 Å². The second-order valence-electron chi connectivity index (χ2n) is 4.43. The molecule has 2 rings (SSSR count). The van der Waals surface area contributed by atoms with Crippen LogP contribution in [-0.2, 0) is 7.05 Å². The summed E-state index contributed by atoms with van der Waals surface area (Å²) >= 11 is 0. The minimum Gasteiger partial charge on any atom is -0.386 e. The summed E-state index contributed by atoms with van der Waals surface area (Å²) in [6.45, 7) is 2.23. The van der Waals surface area contributed by atoms with Crippen molar-refractivity contribution in [2.24, 2.45) is 18.9 Å². The highest BCUT2D eigenvalue weighted by Gasteiger charge is 2.31. The van der Waals surface area contributed by atoms with Gasteiger partial charge in [0, 0.05) is 13.2 Å². The van der Waals surface area contributed by atoms with Gasteiger partial charge in [-0.15, -0.1) is 0 Å². The lowest BCUT2D eigenvalue weighted by Gasteiger charge is -2.20. The molecule has 78 valence electrons. The Labute approximate surface area is 84.7 Å². The molecule has 0 spiro atoms. The molecule has 3 nitrogen and oxygen atoms in total. The maximum Gasteiger partial charge on any atom is 0.101 e. The van der Waals surface area contributed by atoms with Crippen molar-refractivity contribution in [2.75, 3.05) is 0 Å².